The number of carbonyl (C=O) groups excluding carboxylic acids is 2. The summed E-state index contributed by atoms with van der Waals surface area (Å²) < 4.78 is 5.65. The van der Waals surface area contributed by atoms with Gasteiger partial charge < -0.3 is 4.74 Å². The topological polar surface area (TPSA) is 46.6 Å². The van der Waals surface area contributed by atoms with Gasteiger partial charge in [0.2, 0.25) is 0 Å². The van der Waals surface area contributed by atoms with Gasteiger partial charge in [0.1, 0.15) is 5.75 Å². The van der Waals surface area contributed by atoms with Crippen LogP contribution in [0.2, 0.25) is 5.02 Å². The maximum absolute atomic E-state index is 13.2. The van der Waals surface area contributed by atoms with Gasteiger partial charge in [0.05, 0.1) is 22.3 Å². The molecule has 2 amide bonds. The molecule has 2 aromatic rings. The molecule has 0 spiro atoms. The molecule has 3 rings (SSSR count). The van der Waals surface area contributed by atoms with Crippen molar-refractivity contribution in [1.29, 1.82) is 0 Å². The van der Waals surface area contributed by atoms with Gasteiger partial charge in [0.15, 0.2) is 0 Å². The summed E-state index contributed by atoms with van der Waals surface area (Å²) in [5.74, 6) is 0.0692. The van der Waals surface area contributed by atoms with Gasteiger partial charge in [-0.2, -0.15) is 0 Å². The van der Waals surface area contributed by atoms with E-state index in [0.29, 0.717) is 32.5 Å². The Morgan fingerprint density at radius 3 is 2.04 bits per heavy atom. The monoisotopic (exact) mass is 415 g/mol. The van der Waals surface area contributed by atoms with Crippen molar-refractivity contribution in [3.63, 3.8) is 0 Å². The number of ether oxygens (including phenoxy) is 1. The van der Waals surface area contributed by atoms with Crippen molar-refractivity contribution in [3.8, 4) is 5.75 Å². The highest BCUT2D eigenvalue weighted by Gasteiger charge is 2.40. The summed E-state index contributed by atoms with van der Waals surface area (Å²) in [6.07, 6.45) is 0.0492. The molecule has 0 aliphatic carbocycles. The van der Waals surface area contributed by atoms with Gasteiger partial charge >= 0.3 is 0 Å². The number of rotatable bonds is 6. The van der Waals surface area contributed by atoms with E-state index >= 15 is 0 Å². The van der Waals surface area contributed by atoms with E-state index in [9.17, 15) is 9.59 Å². The Hall–Kier alpha value is -2.24. The highest BCUT2D eigenvalue weighted by atomic mass is 35.5. The van der Waals surface area contributed by atoms with Crippen LogP contribution in [0.4, 0.5) is 5.69 Å². The first-order valence-electron chi connectivity index (χ1n) is 9.10. The van der Waals surface area contributed by atoms with Crippen molar-refractivity contribution in [2.45, 2.75) is 39.0 Å². The molecule has 0 aromatic heterocycles. The van der Waals surface area contributed by atoms with Crippen molar-refractivity contribution in [3.05, 3.63) is 64.0 Å². The normalized spacial score (nSPS) is 14.6. The number of imide groups is 1. The highest BCUT2D eigenvalue weighted by Crippen LogP contribution is 2.40. The van der Waals surface area contributed by atoms with E-state index in [1.807, 2.05) is 27.7 Å². The van der Waals surface area contributed by atoms with Crippen LogP contribution in [0.3, 0.4) is 0 Å². The number of hydrogen-bond donors (Lipinski definition) is 0. The first-order valence-corrected chi connectivity index (χ1v) is 10.4. The number of hydrogen-bond acceptors (Lipinski definition) is 4. The van der Waals surface area contributed by atoms with Gasteiger partial charge in [-0.3, -0.25) is 9.59 Å². The van der Waals surface area contributed by atoms with Crippen molar-refractivity contribution in [2.75, 3.05) is 4.90 Å². The third-order valence-corrected chi connectivity index (χ3v) is 5.33. The molecule has 0 radical (unpaired) electrons. The molecule has 1 heterocycles. The number of nitrogens with zero attached hydrogens (tertiary/aromatic N) is 1. The molecular weight excluding hydrogens is 394 g/mol. The lowest BCUT2D eigenvalue weighted by molar-refractivity contribution is -0.119. The smallest absolute Gasteiger partial charge is 0.272 e. The Kier molecular flexibility index (Phi) is 6.16. The Morgan fingerprint density at radius 1 is 0.893 bits per heavy atom. The van der Waals surface area contributed by atoms with Crippen LogP contribution in [-0.2, 0) is 9.59 Å². The fraction of sp³-hybridized carbons (Fsp3) is 0.273. The second-order valence-corrected chi connectivity index (χ2v) is 9.01. The molecule has 0 saturated heterocycles. The molecule has 0 unspecified atom stereocenters. The van der Waals surface area contributed by atoms with Crippen molar-refractivity contribution < 1.29 is 14.3 Å². The van der Waals surface area contributed by atoms with Gasteiger partial charge in [0.25, 0.3) is 11.8 Å². The van der Waals surface area contributed by atoms with E-state index in [-0.39, 0.29) is 23.2 Å². The van der Waals surface area contributed by atoms with E-state index in [0.717, 1.165) is 0 Å². The van der Waals surface area contributed by atoms with E-state index in [2.05, 4.69) is 0 Å². The van der Waals surface area contributed by atoms with E-state index < -0.39 is 0 Å². The molecule has 4 nitrogen and oxygen atoms in total. The third kappa shape index (κ3) is 4.26. The lowest BCUT2D eigenvalue weighted by Crippen LogP contribution is -2.31. The largest absolute Gasteiger partial charge is 0.491 e. The maximum atomic E-state index is 13.2. The van der Waals surface area contributed by atoms with E-state index in [4.69, 9.17) is 16.3 Å². The minimum atomic E-state index is -0.326. The molecule has 6 heteroatoms. The number of benzene rings is 2. The SMILES string of the molecule is CC(C)Oc1ccc(N2C(=O)C(SC(C)C)=C(c3ccc(Cl)cc3)C2=O)cc1. The molecule has 0 bridgehead atoms. The zero-order chi connectivity index (χ0) is 20.4. The Bertz CT molecular complexity index is 918. The van der Waals surface area contributed by atoms with Gasteiger partial charge in [-0.25, -0.2) is 4.90 Å². The summed E-state index contributed by atoms with van der Waals surface area (Å²) >= 11 is 7.38. The Balaban J connectivity index is 1.99. The zero-order valence-electron chi connectivity index (χ0n) is 16.2. The lowest BCUT2D eigenvalue weighted by Gasteiger charge is -2.17. The molecule has 1 aliphatic heterocycles. The average Bonchev–Trinajstić information content (AvgIpc) is 2.86. The fourth-order valence-corrected chi connectivity index (χ4v) is 4.02. The first kappa shape index (κ1) is 20.5. The minimum absolute atomic E-state index is 0.0492. The van der Waals surface area contributed by atoms with Crippen LogP contribution < -0.4 is 9.64 Å². The summed E-state index contributed by atoms with van der Waals surface area (Å²) in [6.45, 7) is 7.88. The molecule has 0 fully saturated rings. The van der Waals surface area contributed by atoms with Crippen LogP contribution in [0.5, 0.6) is 5.75 Å². The lowest BCUT2D eigenvalue weighted by atomic mass is 10.1. The van der Waals surface area contributed by atoms with Gasteiger partial charge in [-0.1, -0.05) is 37.6 Å². The third-order valence-electron chi connectivity index (χ3n) is 3.99. The molecule has 28 heavy (non-hydrogen) atoms. The summed E-state index contributed by atoms with van der Waals surface area (Å²) in [5.41, 5.74) is 1.63. The Labute approximate surface area is 174 Å². The number of carbonyl (C=O) groups is 2. The quantitative estimate of drug-likeness (QED) is 0.580. The van der Waals surface area contributed by atoms with Crippen LogP contribution in [0, 0.1) is 0 Å². The van der Waals surface area contributed by atoms with Gasteiger partial charge in [0, 0.05) is 10.3 Å². The number of thioether (sulfide) groups is 1. The molecule has 2 aromatic carbocycles. The summed E-state index contributed by atoms with van der Waals surface area (Å²) in [5, 5.41) is 0.743. The summed E-state index contributed by atoms with van der Waals surface area (Å²) in [7, 11) is 0. The number of amides is 2. The second kappa shape index (κ2) is 8.41. The minimum Gasteiger partial charge on any atom is -0.491 e. The fourth-order valence-electron chi connectivity index (χ4n) is 2.91. The summed E-state index contributed by atoms with van der Waals surface area (Å²) in [4.78, 5) is 28.1. The van der Waals surface area contributed by atoms with E-state index in [1.54, 1.807) is 48.5 Å². The van der Waals surface area contributed by atoms with Crippen LogP contribution in [0.25, 0.3) is 5.57 Å². The van der Waals surface area contributed by atoms with E-state index in [1.165, 1.54) is 16.7 Å². The molecule has 146 valence electrons. The van der Waals surface area contributed by atoms with Crippen molar-refractivity contribution >= 4 is 46.4 Å². The van der Waals surface area contributed by atoms with Gasteiger partial charge in [-0.15, -0.1) is 11.8 Å². The summed E-state index contributed by atoms with van der Waals surface area (Å²) in [6, 6.07) is 14.0. The average molecular weight is 416 g/mol. The predicted octanol–water partition coefficient (Wildman–Crippen LogP) is 5.55. The number of halogens is 1. The van der Waals surface area contributed by atoms with Crippen molar-refractivity contribution in [2.24, 2.45) is 0 Å². The molecule has 1 aliphatic rings. The van der Waals surface area contributed by atoms with Crippen LogP contribution in [-0.4, -0.2) is 23.2 Å². The maximum Gasteiger partial charge on any atom is 0.272 e. The van der Waals surface area contributed by atoms with Crippen LogP contribution >= 0.6 is 23.4 Å². The highest BCUT2D eigenvalue weighted by molar-refractivity contribution is 8.04. The Morgan fingerprint density at radius 2 is 1.50 bits per heavy atom. The standard InChI is InChI=1S/C22H22ClNO3S/c1-13(2)27-18-11-9-17(10-12-18)24-21(25)19(15-5-7-16(23)8-6-15)20(22(24)26)28-14(3)4/h5-14H,1-4H3. The second-order valence-electron chi connectivity index (χ2n) is 6.98. The molecule has 0 saturated carbocycles. The molecular formula is C22H22ClNO3S. The van der Waals surface area contributed by atoms with Crippen LogP contribution in [0.1, 0.15) is 33.3 Å². The predicted molar refractivity (Wildman–Crippen MR) is 116 cm³/mol. The van der Waals surface area contributed by atoms with Crippen LogP contribution in [0.15, 0.2) is 53.4 Å². The van der Waals surface area contributed by atoms with Gasteiger partial charge in [-0.05, 0) is 55.8 Å². The van der Waals surface area contributed by atoms with Crippen molar-refractivity contribution in [1.82, 2.24) is 0 Å². The molecule has 0 N–H and O–H groups in total. The zero-order valence-corrected chi connectivity index (χ0v) is 17.8. The first-order chi connectivity index (χ1) is 13.3. The molecule has 0 atom stereocenters. The number of anilines is 1.